The van der Waals surface area contributed by atoms with Crippen molar-refractivity contribution < 1.29 is 17.6 Å². The summed E-state index contributed by atoms with van der Waals surface area (Å²) in [7, 11) is 0. The smallest absolute Gasteiger partial charge is 0.416 e. The van der Waals surface area contributed by atoms with Crippen LogP contribution in [-0.4, -0.2) is 4.98 Å². The highest BCUT2D eigenvalue weighted by Crippen LogP contribution is 2.31. The molecule has 0 saturated heterocycles. The molecule has 0 radical (unpaired) electrons. The Labute approximate surface area is 102 Å². The number of nitrogens with one attached hydrogen (secondary N) is 1. The molecule has 0 aliphatic rings. The van der Waals surface area contributed by atoms with Gasteiger partial charge < -0.3 is 9.73 Å². The highest BCUT2D eigenvalue weighted by atomic mass is 19.4. The van der Waals surface area contributed by atoms with E-state index in [1.165, 1.54) is 24.7 Å². The minimum absolute atomic E-state index is 0.121. The van der Waals surface area contributed by atoms with E-state index in [0.29, 0.717) is 12.3 Å². The molecule has 18 heavy (non-hydrogen) atoms. The van der Waals surface area contributed by atoms with Gasteiger partial charge in [0.15, 0.2) is 6.39 Å². The Hall–Kier alpha value is -1.82. The van der Waals surface area contributed by atoms with Crippen LogP contribution in [0.5, 0.6) is 0 Å². The quantitative estimate of drug-likeness (QED) is 0.913. The van der Waals surface area contributed by atoms with E-state index in [0.717, 1.165) is 6.07 Å². The van der Waals surface area contributed by atoms with E-state index < -0.39 is 11.7 Å². The fraction of sp³-hybridized carbons (Fsp3) is 0.250. The van der Waals surface area contributed by atoms with Crippen molar-refractivity contribution in [3.05, 3.63) is 53.7 Å². The zero-order valence-corrected chi connectivity index (χ0v) is 9.37. The van der Waals surface area contributed by atoms with Crippen molar-refractivity contribution in [2.24, 2.45) is 0 Å². The molecule has 6 heteroatoms. The van der Waals surface area contributed by atoms with Crippen LogP contribution in [0.25, 0.3) is 0 Å². The van der Waals surface area contributed by atoms with E-state index in [4.69, 9.17) is 4.42 Å². The molecule has 0 unspecified atom stereocenters. The normalized spacial score (nSPS) is 11.7. The second-order valence-corrected chi connectivity index (χ2v) is 3.73. The lowest BCUT2D eigenvalue weighted by Crippen LogP contribution is -2.17. The molecule has 0 saturated carbocycles. The van der Waals surface area contributed by atoms with Gasteiger partial charge in [0.1, 0.15) is 5.76 Å². The maximum absolute atomic E-state index is 12.7. The van der Waals surface area contributed by atoms with E-state index in [1.807, 2.05) is 0 Å². The lowest BCUT2D eigenvalue weighted by Gasteiger charge is -2.12. The predicted octanol–water partition coefficient (Wildman–Crippen LogP) is 2.98. The summed E-state index contributed by atoms with van der Waals surface area (Å²) in [5, 5.41) is 2.88. The van der Waals surface area contributed by atoms with Crippen LogP contribution >= 0.6 is 0 Å². The van der Waals surface area contributed by atoms with Gasteiger partial charge in [0, 0.05) is 6.54 Å². The van der Waals surface area contributed by atoms with Gasteiger partial charge in [-0.15, -0.1) is 0 Å². The van der Waals surface area contributed by atoms with Crippen LogP contribution in [-0.2, 0) is 19.3 Å². The number of halogens is 3. The number of rotatable bonds is 4. The molecule has 96 valence electrons. The van der Waals surface area contributed by atoms with Crippen molar-refractivity contribution in [3.63, 3.8) is 0 Å². The molecule has 0 spiro atoms. The summed E-state index contributed by atoms with van der Waals surface area (Å²) in [6.07, 6.45) is -1.53. The van der Waals surface area contributed by atoms with Gasteiger partial charge in [-0.1, -0.05) is 18.2 Å². The summed E-state index contributed by atoms with van der Waals surface area (Å²) in [5.41, 5.74) is -0.403. The van der Waals surface area contributed by atoms with Crippen LogP contribution < -0.4 is 5.32 Å². The molecule has 1 heterocycles. The monoisotopic (exact) mass is 256 g/mol. The van der Waals surface area contributed by atoms with Crippen molar-refractivity contribution >= 4 is 0 Å². The first-order chi connectivity index (χ1) is 8.57. The molecule has 2 aromatic rings. The van der Waals surface area contributed by atoms with Crippen molar-refractivity contribution in [3.8, 4) is 0 Å². The van der Waals surface area contributed by atoms with Gasteiger partial charge in [-0.25, -0.2) is 4.98 Å². The minimum atomic E-state index is -4.33. The molecule has 1 aromatic carbocycles. The first-order valence-electron chi connectivity index (χ1n) is 5.30. The average molecular weight is 256 g/mol. The largest absolute Gasteiger partial charge is 0.447 e. The number of hydrogen-bond donors (Lipinski definition) is 1. The van der Waals surface area contributed by atoms with Gasteiger partial charge in [-0.3, -0.25) is 0 Å². The van der Waals surface area contributed by atoms with Gasteiger partial charge in [0.05, 0.1) is 18.3 Å². The number of alkyl halides is 3. The summed E-state index contributed by atoms with van der Waals surface area (Å²) >= 11 is 0. The van der Waals surface area contributed by atoms with Gasteiger partial charge >= 0.3 is 6.18 Å². The SMILES string of the molecule is FC(F)(F)c1ccccc1CNCc1cnco1. The van der Waals surface area contributed by atoms with Crippen LogP contribution in [0.1, 0.15) is 16.9 Å². The number of aromatic nitrogens is 1. The summed E-state index contributed by atoms with van der Waals surface area (Å²) in [6, 6.07) is 5.49. The third-order valence-electron chi connectivity index (χ3n) is 2.42. The van der Waals surface area contributed by atoms with Crippen molar-refractivity contribution in [1.82, 2.24) is 10.3 Å². The van der Waals surface area contributed by atoms with Gasteiger partial charge in [-0.2, -0.15) is 13.2 Å². The Kier molecular flexibility index (Phi) is 3.66. The van der Waals surface area contributed by atoms with E-state index in [2.05, 4.69) is 10.3 Å². The van der Waals surface area contributed by atoms with Crippen LogP contribution in [0.3, 0.4) is 0 Å². The zero-order valence-electron chi connectivity index (χ0n) is 9.37. The van der Waals surface area contributed by atoms with Gasteiger partial charge in [-0.05, 0) is 11.6 Å². The van der Waals surface area contributed by atoms with Crippen LogP contribution in [0.15, 0.2) is 41.3 Å². The maximum atomic E-state index is 12.7. The molecule has 0 aliphatic heterocycles. The van der Waals surface area contributed by atoms with Gasteiger partial charge in [0.25, 0.3) is 0 Å². The van der Waals surface area contributed by atoms with E-state index in [9.17, 15) is 13.2 Å². The summed E-state index contributed by atoms with van der Waals surface area (Å²) in [4.78, 5) is 3.72. The number of benzene rings is 1. The molecule has 1 N–H and O–H groups in total. The molecular weight excluding hydrogens is 245 g/mol. The fourth-order valence-electron chi connectivity index (χ4n) is 1.60. The lowest BCUT2D eigenvalue weighted by molar-refractivity contribution is -0.138. The standard InChI is InChI=1S/C12H11F3N2O/c13-12(14,15)11-4-2-1-3-9(11)5-16-6-10-7-17-8-18-10/h1-4,7-8,16H,5-6H2. The summed E-state index contributed by atoms with van der Waals surface area (Å²) in [5.74, 6) is 0.583. The number of hydrogen-bond acceptors (Lipinski definition) is 3. The highest BCUT2D eigenvalue weighted by molar-refractivity contribution is 5.29. The van der Waals surface area contributed by atoms with E-state index >= 15 is 0 Å². The topological polar surface area (TPSA) is 38.1 Å². The predicted molar refractivity (Wildman–Crippen MR) is 58.5 cm³/mol. The molecule has 3 nitrogen and oxygen atoms in total. The Morgan fingerprint density at radius 1 is 1.17 bits per heavy atom. The Morgan fingerprint density at radius 3 is 2.61 bits per heavy atom. The zero-order chi connectivity index (χ0) is 13.0. The Balaban J connectivity index is 2.01. The summed E-state index contributed by atoms with van der Waals surface area (Å²) < 4.78 is 43.1. The van der Waals surface area contributed by atoms with Crippen molar-refractivity contribution in [2.45, 2.75) is 19.3 Å². The first-order valence-corrected chi connectivity index (χ1v) is 5.30. The maximum Gasteiger partial charge on any atom is 0.416 e. The van der Waals surface area contributed by atoms with Crippen LogP contribution in [0.4, 0.5) is 13.2 Å². The first kappa shape index (κ1) is 12.6. The molecular formula is C12H11F3N2O. The van der Waals surface area contributed by atoms with Gasteiger partial charge in [0.2, 0.25) is 0 Å². The third kappa shape index (κ3) is 3.10. The van der Waals surface area contributed by atoms with E-state index in [1.54, 1.807) is 6.07 Å². The summed E-state index contributed by atoms with van der Waals surface area (Å²) in [6.45, 7) is 0.461. The fourth-order valence-corrected chi connectivity index (χ4v) is 1.60. The van der Waals surface area contributed by atoms with E-state index in [-0.39, 0.29) is 12.1 Å². The second kappa shape index (κ2) is 5.22. The minimum Gasteiger partial charge on any atom is -0.447 e. The van der Waals surface area contributed by atoms with Crippen LogP contribution in [0.2, 0.25) is 0 Å². The Bertz CT molecular complexity index is 494. The highest BCUT2D eigenvalue weighted by Gasteiger charge is 2.32. The molecule has 2 rings (SSSR count). The van der Waals surface area contributed by atoms with Crippen LogP contribution in [0, 0.1) is 0 Å². The molecule has 0 fully saturated rings. The molecule has 0 atom stereocenters. The number of nitrogens with zero attached hydrogens (tertiary/aromatic N) is 1. The average Bonchev–Trinajstić information content (AvgIpc) is 2.81. The third-order valence-corrected chi connectivity index (χ3v) is 2.42. The molecule has 1 aromatic heterocycles. The molecule has 0 aliphatic carbocycles. The molecule has 0 bridgehead atoms. The molecule has 0 amide bonds. The van der Waals surface area contributed by atoms with Crippen molar-refractivity contribution in [1.29, 1.82) is 0 Å². The lowest BCUT2D eigenvalue weighted by atomic mass is 10.1. The Morgan fingerprint density at radius 2 is 1.94 bits per heavy atom. The van der Waals surface area contributed by atoms with Crippen molar-refractivity contribution in [2.75, 3.05) is 0 Å². The number of oxazole rings is 1. The second-order valence-electron chi connectivity index (χ2n) is 3.73.